The van der Waals surface area contributed by atoms with Gasteiger partial charge in [0.1, 0.15) is 22.3 Å². The Labute approximate surface area is 127 Å². The molecular formula is C14H17N3O3S. The van der Waals surface area contributed by atoms with E-state index >= 15 is 0 Å². The van der Waals surface area contributed by atoms with E-state index in [2.05, 4.69) is 4.98 Å². The summed E-state index contributed by atoms with van der Waals surface area (Å²) in [6.45, 7) is 0.303. The molecule has 1 aromatic heterocycles. The van der Waals surface area contributed by atoms with Crippen molar-refractivity contribution in [1.29, 1.82) is 5.41 Å². The first-order chi connectivity index (χ1) is 10.1. The molecule has 0 amide bonds. The maximum atomic E-state index is 7.64. The number of thiazole rings is 1. The average Bonchev–Trinajstić information content (AvgIpc) is 2.91. The first-order valence-corrected chi connectivity index (χ1v) is 6.97. The van der Waals surface area contributed by atoms with Crippen molar-refractivity contribution in [2.45, 2.75) is 6.61 Å². The Morgan fingerprint density at radius 1 is 1.29 bits per heavy atom. The lowest BCUT2D eigenvalue weighted by molar-refractivity contribution is 0.182. The Balaban J connectivity index is 2.55. The summed E-state index contributed by atoms with van der Waals surface area (Å²) in [7, 11) is 4.78. The van der Waals surface area contributed by atoms with Gasteiger partial charge in [-0.25, -0.2) is 4.98 Å². The summed E-state index contributed by atoms with van der Waals surface area (Å²) in [5.74, 6) is 1.37. The zero-order chi connectivity index (χ0) is 15.4. The number of hydrogen-bond acceptors (Lipinski definition) is 6. The van der Waals surface area contributed by atoms with E-state index in [1.54, 1.807) is 21.3 Å². The van der Waals surface area contributed by atoms with Gasteiger partial charge in [0.25, 0.3) is 0 Å². The smallest absolute Gasteiger partial charge is 0.135 e. The first kappa shape index (κ1) is 15.3. The van der Waals surface area contributed by atoms with E-state index in [9.17, 15) is 0 Å². The molecule has 2 aromatic rings. The molecule has 0 unspecified atom stereocenters. The molecule has 6 nitrogen and oxygen atoms in total. The molecule has 0 fully saturated rings. The molecule has 0 spiro atoms. The molecule has 2 rings (SSSR count). The van der Waals surface area contributed by atoms with Crippen LogP contribution < -0.4 is 15.2 Å². The summed E-state index contributed by atoms with van der Waals surface area (Å²) in [5.41, 5.74) is 7.05. The Bertz CT molecular complexity index is 655. The monoisotopic (exact) mass is 307 g/mol. The van der Waals surface area contributed by atoms with Crippen LogP contribution in [0.5, 0.6) is 11.5 Å². The van der Waals surface area contributed by atoms with Crippen LogP contribution in [0.25, 0.3) is 10.6 Å². The molecule has 0 radical (unpaired) electrons. The second kappa shape index (κ2) is 6.55. The summed E-state index contributed by atoms with van der Waals surface area (Å²) in [4.78, 5) is 5.12. The second-order valence-corrected chi connectivity index (χ2v) is 5.21. The van der Waals surface area contributed by atoms with E-state index < -0.39 is 0 Å². The second-order valence-electron chi connectivity index (χ2n) is 4.21. The van der Waals surface area contributed by atoms with Crippen LogP contribution >= 0.6 is 11.3 Å². The fraction of sp³-hybridized carbons (Fsp3) is 0.286. The normalized spacial score (nSPS) is 10.4. The molecule has 0 aliphatic rings. The highest BCUT2D eigenvalue weighted by Gasteiger charge is 2.17. The molecule has 21 heavy (non-hydrogen) atoms. The van der Waals surface area contributed by atoms with Gasteiger partial charge in [0.2, 0.25) is 0 Å². The number of amidine groups is 1. The van der Waals surface area contributed by atoms with Crippen molar-refractivity contribution >= 4 is 17.2 Å². The van der Waals surface area contributed by atoms with Crippen molar-refractivity contribution in [1.82, 2.24) is 4.98 Å². The summed E-state index contributed by atoms with van der Waals surface area (Å²) >= 11 is 1.33. The quantitative estimate of drug-likeness (QED) is 0.631. The first-order valence-electron chi connectivity index (χ1n) is 6.16. The zero-order valence-corrected chi connectivity index (χ0v) is 12.9. The van der Waals surface area contributed by atoms with Crippen LogP contribution in [0.3, 0.4) is 0 Å². The summed E-state index contributed by atoms with van der Waals surface area (Å²) in [6.07, 6.45) is 0. The largest absolute Gasteiger partial charge is 0.497 e. The van der Waals surface area contributed by atoms with Gasteiger partial charge in [-0.1, -0.05) is 0 Å². The van der Waals surface area contributed by atoms with Gasteiger partial charge in [0.15, 0.2) is 0 Å². The summed E-state index contributed by atoms with van der Waals surface area (Å²) < 4.78 is 15.7. The molecule has 1 aromatic carbocycles. The molecule has 7 heteroatoms. The number of rotatable bonds is 6. The van der Waals surface area contributed by atoms with Gasteiger partial charge >= 0.3 is 0 Å². The summed E-state index contributed by atoms with van der Waals surface area (Å²) in [6, 6.07) is 5.48. The van der Waals surface area contributed by atoms with Crippen LogP contribution in [0.4, 0.5) is 0 Å². The van der Waals surface area contributed by atoms with E-state index in [0.29, 0.717) is 33.7 Å². The highest BCUT2D eigenvalue weighted by atomic mass is 32.1. The van der Waals surface area contributed by atoms with Gasteiger partial charge < -0.3 is 19.9 Å². The van der Waals surface area contributed by atoms with Crippen LogP contribution in [-0.2, 0) is 11.3 Å². The van der Waals surface area contributed by atoms with Gasteiger partial charge in [-0.3, -0.25) is 5.41 Å². The number of hydrogen-bond donors (Lipinski definition) is 2. The van der Waals surface area contributed by atoms with Gasteiger partial charge in [0.05, 0.1) is 37.0 Å². The van der Waals surface area contributed by atoms with Crippen molar-refractivity contribution in [2.75, 3.05) is 21.3 Å². The minimum Gasteiger partial charge on any atom is -0.497 e. The lowest BCUT2D eigenvalue weighted by Gasteiger charge is -2.08. The van der Waals surface area contributed by atoms with Gasteiger partial charge in [0, 0.05) is 7.11 Å². The maximum Gasteiger partial charge on any atom is 0.135 e. The van der Waals surface area contributed by atoms with Crippen LogP contribution in [0, 0.1) is 5.41 Å². The lowest BCUT2D eigenvalue weighted by Crippen LogP contribution is -2.11. The van der Waals surface area contributed by atoms with Crippen molar-refractivity contribution < 1.29 is 14.2 Å². The third kappa shape index (κ3) is 3.14. The third-order valence-corrected chi connectivity index (χ3v) is 4.02. The fourth-order valence-corrected chi connectivity index (χ4v) is 2.84. The Morgan fingerprint density at radius 3 is 2.62 bits per heavy atom. The Kier molecular flexibility index (Phi) is 4.77. The van der Waals surface area contributed by atoms with Gasteiger partial charge in [-0.2, -0.15) is 0 Å². The average molecular weight is 307 g/mol. The fourth-order valence-electron chi connectivity index (χ4n) is 1.89. The molecule has 3 N–H and O–H groups in total. The number of nitrogens with zero attached hydrogens (tertiary/aromatic N) is 1. The predicted molar refractivity (Wildman–Crippen MR) is 82.4 cm³/mol. The van der Waals surface area contributed by atoms with Crippen LogP contribution in [0.1, 0.15) is 10.6 Å². The third-order valence-electron chi connectivity index (χ3n) is 2.86. The lowest BCUT2D eigenvalue weighted by atomic mass is 10.2. The van der Waals surface area contributed by atoms with E-state index in [-0.39, 0.29) is 5.84 Å². The molecule has 112 valence electrons. The van der Waals surface area contributed by atoms with Crippen molar-refractivity contribution in [2.24, 2.45) is 5.73 Å². The number of benzene rings is 1. The van der Waals surface area contributed by atoms with Gasteiger partial charge in [-0.15, -0.1) is 11.3 Å². The summed E-state index contributed by atoms with van der Waals surface area (Å²) in [5, 5.41) is 8.36. The maximum absolute atomic E-state index is 7.64. The van der Waals surface area contributed by atoms with Crippen molar-refractivity contribution in [3.05, 3.63) is 28.8 Å². The molecule has 0 saturated heterocycles. The molecule has 0 aliphatic carbocycles. The number of methoxy groups -OCH3 is 3. The predicted octanol–water partition coefficient (Wildman–Crippen LogP) is 2.26. The number of nitrogen functional groups attached to an aromatic ring is 1. The van der Waals surface area contributed by atoms with Crippen molar-refractivity contribution in [3.8, 4) is 22.1 Å². The molecule has 0 aliphatic heterocycles. The SMILES string of the molecule is COCc1nc(-c2cc(OC)ccc2OC)sc1C(=N)N. The van der Waals surface area contributed by atoms with E-state index in [0.717, 1.165) is 5.56 Å². The minimum absolute atomic E-state index is 0.0207. The number of aromatic nitrogens is 1. The minimum atomic E-state index is -0.0207. The van der Waals surface area contributed by atoms with E-state index in [1.807, 2.05) is 18.2 Å². The van der Waals surface area contributed by atoms with Gasteiger partial charge in [-0.05, 0) is 18.2 Å². The zero-order valence-electron chi connectivity index (χ0n) is 12.1. The van der Waals surface area contributed by atoms with Crippen LogP contribution in [0.15, 0.2) is 18.2 Å². The molecular weight excluding hydrogens is 290 g/mol. The van der Waals surface area contributed by atoms with E-state index in [4.69, 9.17) is 25.4 Å². The number of ether oxygens (including phenoxy) is 3. The van der Waals surface area contributed by atoms with Crippen LogP contribution in [-0.4, -0.2) is 32.1 Å². The number of nitrogens with one attached hydrogen (secondary N) is 1. The Morgan fingerprint density at radius 2 is 2.05 bits per heavy atom. The van der Waals surface area contributed by atoms with E-state index in [1.165, 1.54) is 11.3 Å². The molecule has 1 heterocycles. The topological polar surface area (TPSA) is 90.5 Å². The molecule has 0 bridgehead atoms. The number of nitrogens with two attached hydrogens (primary N) is 1. The van der Waals surface area contributed by atoms with Crippen LogP contribution in [0.2, 0.25) is 0 Å². The Hall–Kier alpha value is -2.12. The molecule has 0 atom stereocenters. The highest BCUT2D eigenvalue weighted by Crippen LogP contribution is 2.37. The van der Waals surface area contributed by atoms with Crippen molar-refractivity contribution in [3.63, 3.8) is 0 Å². The molecule has 0 saturated carbocycles. The standard InChI is InChI=1S/C14H17N3O3S/c1-18-7-10-12(13(15)16)21-14(17-10)9-6-8(19-2)4-5-11(9)20-3/h4-6H,7H2,1-3H3,(H3,15,16). The highest BCUT2D eigenvalue weighted by molar-refractivity contribution is 7.17.